The molecule has 0 atom stereocenters. The molecule has 0 aliphatic rings. The smallest absolute Gasteiger partial charge is 0.180 e. The fourth-order valence-corrected chi connectivity index (χ4v) is 3.71. The fourth-order valence-electron chi connectivity index (χ4n) is 3.71. The fraction of sp³-hybridized carbons (Fsp3) is 0.375. The van der Waals surface area contributed by atoms with Crippen LogP contribution in [0.4, 0.5) is 0 Å². The molecule has 1 heteroatoms. The first kappa shape index (κ1) is 29.1. The van der Waals surface area contributed by atoms with Crippen molar-refractivity contribution in [2.45, 2.75) is 77.6 Å². The van der Waals surface area contributed by atoms with E-state index < -0.39 is 0 Å². The summed E-state index contributed by atoms with van der Waals surface area (Å²) < 4.78 is 0. The Kier molecular flexibility index (Phi) is 18.2. The Labute approximate surface area is 216 Å². The maximum Gasteiger partial charge on any atom is 1.00 e. The summed E-state index contributed by atoms with van der Waals surface area (Å²) in [5, 5.41) is 0. The van der Waals surface area contributed by atoms with Crippen LogP contribution in [-0.2, 0) is 25.9 Å². The maximum atomic E-state index is 3.30. The molecule has 0 aliphatic carbocycles. The summed E-state index contributed by atoms with van der Waals surface area (Å²) in [6.45, 7) is 2.28. The van der Waals surface area contributed by atoms with Gasteiger partial charge in [0.05, 0.1) is 0 Å². The van der Waals surface area contributed by atoms with Gasteiger partial charge in [-0.15, -0.1) is 0 Å². The van der Waals surface area contributed by atoms with Gasteiger partial charge < -0.3 is 0 Å². The second-order valence-electron chi connectivity index (χ2n) is 8.47. The van der Waals surface area contributed by atoms with Crippen molar-refractivity contribution in [3.8, 4) is 0 Å². The van der Waals surface area contributed by atoms with Crippen molar-refractivity contribution in [2.24, 2.45) is 0 Å². The van der Waals surface area contributed by atoms with Crippen LogP contribution < -0.4 is 0 Å². The molecule has 177 valence electrons. The molecule has 3 rings (SSSR count). The molecule has 0 amide bonds. The summed E-state index contributed by atoms with van der Waals surface area (Å²) in [7, 11) is 0. The van der Waals surface area contributed by atoms with Gasteiger partial charge in [0.2, 0.25) is 0 Å². The summed E-state index contributed by atoms with van der Waals surface area (Å²) in [4.78, 5) is 0. The summed E-state index contributed by atoms with van der Waals surface area (Å²) in [6, 6.07) is 32.3. The first-order valence-corrected chi connectivity index (χ1v) is 12.6. The van der Waals surface area contributed by atoms with Gasteiger partial charge in [-0.2, -0.15) is 35.9 Å². The standard InChI is InChI=1S/C18H29.C14H12.Ru/c1-2-3-4-5-6-7-8-9-10-12-15-18-16-13-11-14-17-18;1-3-7-13(8-4-1)11-12-14-9-5-2-6-10-14;/h11,13-14,16H,2-10,12,15H2,1H3;1-12H;/q-1;;+1. The SMILES string of the molecule is C(=Cc1ccccc1)c1ccccc1.CCCCCCCCCCCCc1[c-]cccc1.[Ru+]. The van der Waals surface area contributed by atoms with Crippen LogP contribution in [-0.4, -0.2) is 0 Å². The second kappa shape index (κ2) is 20.6. The Balaban J connectivity index is 0.000000328. The average molecular weight is 527 g/mol. The molecule has 0 fully saturated rings. The minimum absolute atomic E-state index is 0. The van der Waals surface area contributed by atoms with Crippen molar-refractivity contribution in [1.82, 2.24) is 0 Å². The molecule has 3 aromatic rings. The third kappa shape index (κ3) is 15.5. The monoisotopic (exact) mass is 527 g/mol. The van der Waals surface area contributed by atoms with E-state index in [0.717, 1.165) is 0 Å². The Morgan fingerprint density at radius 3 is 1.45 bits per heavy atom. The molecule has 0 heterocycles. The number of hydrogen-bond acceptors (Lipinski definition) is 0. The summed E-state index contributed by atoms with van der Waals surface area (Å²) >= 11 is 0. The first-order valence-electron chi connectivity index (χ1n) is 12.6. The number of unbranched alkanes of at least 4 members (excludes halogenated alkanes) is 9. The zero-order valence-corrected chi connectivity index (χ0v) is 22.1. The van der Waals surface area contributed by atoms with Gasteiger partial charge in [-0.1, -0.05) is 150 Å². The van der Waals surface area contributed by atoms with Crippen LogP contribution in [0.3, 0.4) is 0 Å². The molecule has 0 N–H and O–H groups in total. The Morgan fingerprint density at radius 2 is 1.00 bits per heavy atom. The predicted octanol–water partition coefficient (Wildman–Crippen LogP) is 9.80. The molecule has 33 heavy (non-hydrogen) atoms. The van der Waals surface area contributed by atoms with Gasteiger partial charge in [0.1, 0.15) is 0 Å². The third-order valence-electron chi connectivity index (χ3n) is 5.64. The Hall–Kier alpha value is -1.98. The minimum Gasteiger partial charge on any atom is -0.180 e. The molecule has 0 saturated heterocycles. The summed E-state index contributed by atoms with van der Waals surface area (Å²) in [6.07, 6.45) is 19.6. The average Bonchev–Trinajstić information content (AvgIpc) is 2.86. The van der Waals surface area contributed by atoms with E-state index in [4.69, 9.17) is 0 Å². The van der Waals surface area contributed by atoms with E-state index in [1.54, 1.807) is 0 Å². The zero-order chi connectivity index (χ0) is 22.5. The van der Waals surface area contributed by atoms with E-state index >= 15 is 0 Å². The van der Waals surface area contributed by atoms with Crippen molar-refractivity contribution in [3.05, 3.63) is 108 Å². The molecule has 0 spiro atoms. The molecule has 0 bridgehead atoms. The summed E-state index contributed by atoms with van der Waals surface area (Å²) in [5.74, 6) is 0. The Bertz CT molecular complexity index is 767. The van der Waals surface area contributed by atoms with Crippen molar-refractivity contribution in [3.63, 3.8) is 0 Å². The van der Waals surface area contributed by atoms with Crippen LogP contribution >= 0.6 is 0 Å². The normalized spacial score (nSPS) is 10.3. The Morgan fingerprint density at radius 1 is 0.545 bits per heavy atom. The van der Waals surface area contributed by atoms with Gasteiger partial charge in [-0.25, -0.2) is 0 Å². The van der Waals surface area contributed by atoms with Crippen LogP contribution in [0, 0.1) is 6.07 Å². The van der Waals surface area contributed by atoms with Gasteiger partial charge in [-0.3, -0.25) is 0 Å². The van der Waals surface area contributed by atoms with Crippen LogP contribution in [0.2, 0.25) is 0 Å². The van der Waals surface area contributed by atoms with Crippen molar-refractivity contribution >= 4 is 12.2 Å². The van der Waals surface area contributed by atoms with Crippen LogP contribution in [0.5, 0.6) is 0 Å². The molecule has 0 nitrogen and oxygen atoms in total. The van der Waals surface area contributed by atoms with Gasteiger partial charge in [-0.05, 0) is 11.1 Å². The topological polar surface area (TPSA) is 0 Å². The predicted molar refractivity (Wildman–Crippen MR) is 143 cm³/mol. The van der Waals surface area contributed by atoms with Crippen molar-refractivity contribution in [1.29, 1.82) is 0 Å². The van der Waals surface area contributed by atoms with Gasteiger partial charge in [0, 0.05) is 0 Å². The van der Waals surface area contributed by atoms with Crippen molar-refractivity contribution in [2.75, 3.05) is 0 Å². The number of rotatable bonds is 13. The number of benzene rings is 3. The minimum atomic E-state index is 0. The maximum absolute atomic E-state index is 3.30. The third-order valence-corrected chi connectivity index (χ3v) is 5.64. The van der Waals surface area contributed by atoms with E-state index in [-0.39, 0.29) is 19.5 Å². The molecule has 1 radical (unpaired) electrons. The second-order valence-corrected chi connectivity index (χ2v) is 8.47. The van der Waals surface area contributed by atoms with E-state index in [1.165, 1.54) is 87.3 Å². The largest absolute Gasteiger partial charge is 1.00 e. The van der Waals surface area contributed by atoms with E-state index in [1.807, 2.05) is 48.5 Å². The first-order chi connectivity index (χ1) is 15.9. The van der Waals surface area contributed by atoms with Crippen LogP contribution in [0.1, 0.15) is 87.8 Å². The van der Waals surface area contributed by atoms with E-state index in [0.29, 0.717) is 0 Å². The number of hydrogen-bond donors (Lipinski definition) is 0. The van der Waals surface area contributed by atoms with E-state index in [2.05, 4.69) is 61.5 Å². The molecular weight excluding hydrogens is 485 g/mol. The molecule has 0 aliphatic heterocycles. The quantitative estimate of drug-likeness (QED) is 0.0900. The van der Waals surface area contributed by atoms with Crippen LogP contribution in [0.25, 0.3) is 12.2 Å². The molecular formula is C32H41Ru. The molecule has 3 aromatic carbocycles. The molecule has 0 unspecified atom stereocenters. The van der Waals surface area contributed by atoms with E-state index in [9.17, 15) is 0 Å². The van der Waals surface area contributed by atoms with Crippen LogP contribution in [0.15, 0.2) is 84.9 Å². The van der Waals surface area contributed by atoms with Gasteiger partial charge in [0.25, 0.3) is 0 Å². The zero-order valence-electron chi connectivity index (χ0n) is 20.4. The summed E-state index contributed by atoms with van der Waals surface area (Å²) in [5.41, 5.74) is 3.84. The number of aryl methyl sites for hydroxylation is 1. The van der Waals surface area contributed by atoms with Gasteiger partial charge in [0.15, 0.2) is 0 Å². The molecule has 0 aromatic heterocycles. The van der Waals surface area contributed by atoms with Gasteiger partial charge >= 0.3 is 19.5 Å². The molecule has 0 saturated carbocycles. The van der Waals surface area contributed by atoms with Crippen molar-refractivity contribution < 1.29 is 19.5 Å².